The van der Waals surface area contributed by atoms with E-state index in [9.17, 15) is 4.39 Å². The van der Waals surface area contributed by atoms with Crippen molar-refractivity contribution in [2.75, 3.05) is 5.32 Å². The number of H-pyrrole nitrogens is 1. The molecule has 0 saturated heterocycles. The van der Waals surface area contributed by atoms with E-state index in [-0.39, 0.29) is 11.9 Å². The first-order chi connectivity index (χ1) is 12.2. The van der Waals surface area contributed by atoms with E-state index >= 15 is 0 Å². The van der Waals surface area contributed by atoms with Crippen LogP contribution in [0.3, 0.4) is 0 Å². The van der Waals surface area contributed by atoms with Gasteiger partial charge in [-0.05, 0) is 31.2 Å². The van der Waals surface area contributed by atoms with Crippen molar-refractivity contribution in [3.63, 3.8) is 0 Å². The van der Waals surface area contributed by atoms with Gasteiger partial charge in [-0.25, -0.2) is 9.37 Å². The lowest BCUT2D eigenvalue weighted by atomic mass is 9.95. The predicted molar refractivity (Wildman–Crippen MR) is 99.1 cm³/mol. The third-order valence-electron chi connectivity index (χ3n) is 4.41. The van der Waals surface area contributed by atoms with E-state index < -0.39 is 0 Å². The van der Waals surface area contributed by atoms with Crippen molar-refractivity contribution in [1.82, 2.24) is 9.97 Å². The summed E-state index contributed by atoms with van der Waals surface area (Å²) in [5.41, 5.74) is 3.68. The highest BCUT2D eigenvalue weighted by molar-refractivity contribution is 5.86. The van der Waals surface area contributed by atoms with Gasteiger partial charge in [0.25, 0.3) is 0 Å². The third kappa shape index (κ3) is 2.87. The molecule has 2 N–H and O–H groups in total. The van der Waals surface area contributed by atoms with Gasteiger partial charge >= 0.3 is 0 Å². The molecule has 2 aromatic carbocycles. The van der Waals surface area contributed by atoms with E-state index in [4.69, 9.17) is 0 Å². The second-order valence-corrected chi connectivity index (χ2v) is 6.02. The second-order valence-electron chi connectivity index (χ2n) is 6.02. The summed E-state index contributed by atoms with van der Waals surface area (Å²) >= 11 is 0. The fourth-order valence-electron chi connectivity index (χ4n) is 3.28. The topological polar surface area (TPSA) is 40.7 Å². The van der Waals surface area contributed by atoms with Crippen LogP contribution in [0.4, 0.5) is 10.2 Å². The first-order valence-electron chi connectivity index (χ1n) is 8.23. The number of aromatic amines is 1. The molecule has 2 heterocycles. The maximum atomic E-state index is 14.6. The van der Waals surface area contributed by atoms with Crippen LogP contribution < -0.4 is 5.32 Å². The summed E-state index contributed by atoms with van der Waals surface area (Å²) in [7, 11) is 0. The van der Waals surface area contributed by atoms with Crippen LogP contribution in [0.1, 0.15) is 22.9 Å². The molecule has 3 nitrogen and oxygen atoms in total. The van der Waals surface area contributed by atoms with E-state index in [0.29, 0.717) is 11.4 Å². The molecule has 4 heteroatoms. The largest absolute Gasteiger partial charge is 0.359 e. The molecule has 25 heavy (non-hydrogen) atoms. The van der Waals surface area contributed by atoms with Crippen molar-refractivity contribution >= 4 is 16.7 Å². The third-order valence-corrected chi connectivity index (χ3v) is 4.41. The molecule has 0 saturated carbocycles. The monoisotopic (exact) mass is 331 g/mol. The molecular formula is C21H18FN3. The number of rotatable bonds is 4. The van der Waals surface area contributed by atoms with Crippen molar-refractivity contribution in [2.24, 2.45) is 0 Å². The van der Waals surface area contributed by atoms with Crippen molar-refractivity contribution in [1.29, 1.82) is 0 Å². The summed E-state index contributed by atoms with van der Waals surface area (Å²) in [5, 5.41) is 4.48. The van der Waals surface area contributed by atoms with Crippen LogP contribution in [0.5, 0.6) is 0 Å². The Hall–Kier alpha value is -3.14. The van der Waals surface area contributed by atoms with Crippen LogP contribution in [0.15, 0.2) is 72.9 Å². The first kappa shape index (κ1) is 15.4. The summed E-state index contributed by atoms with van der Waals surface area (Å²) in [6.45, 7) is 2.02. The summed E-state index contributed by atoms with van der Waals surface area (Å²) < 4.78 is 14.6. The lowest BCUT2D eigenvalue weighted by molar-refractivity contribution is 0.604. The standard InChI is InChI=1S/C21H18FN3/c1-14-20(16-9-3-5-11-18(16)24-14)21(15-8-2-4-10-17(15)22)25-19-12-6-7-13-23-19/h2-13,21,24H,1H3,(H,23,25). The van der Waals surface area contributed by atoms with Crippen LogP contribution in [-0.4, -0.2) is 9.97 Å². The Kier molecular flexibility index (Phi) is 3.94. The van der Waals surface area contributed by atoms with E-state index in [0.717, 1.165) is 22.2 Å². The SMILES string of the molecule is Cc1[nH]c2ccccc2c1C(Nc1ccccn1)c1ccccc1F. The van der Waals surface area contributed by atoms with Crippen LogP contribution in [0.2, 0.25) is 0 Å². The molecule has 2 aromatic heterocycles. The van der Waals surface area contributed by atoms with Gasteiger partial charge in [-0.2, -0.15) is 0 Å². The van der Waals surface area contributed by atoms with E-state index in [1.807, 2.05) is 55.5 Å². The molecular weight excluding hydrogens is 313 g/mol. The van der Waals surface area contributed by atoms with Crippen LogP contribution in [-0.2, 0) is 0 Å². The van der Waals surface area contributed by atoms with Gasteiger partial charge in [0.1, 0.15) is 11.6 Å². The predicted octanol–water partition coefficient (Wildman–Crippen LogP) is 5.21. The minimum atomic E-state index is -0.341. The van der Waals surface area contributed by atoms with Crippen LogP contribution >= 0.6 is 0 Å². The second kappa shape index (κ2) is 6.40. The zero-order valence-corrected chi connectivity index (χ0v) is 13.8. The number of hydrogen-bond acceptors (Lipinski definition) is 2. The van der Waals surface area contributed by atoms with Gasteiger partial charge in [0, 0.05) is 33.9 Å². The molecule has 4 aromatic rings. The number of nitrogens with zero attached hydrogens (tertiary/aromatic N) is 1. The molecule has 0 fully saturated rings. The van der Waals surface area contributed by atoms with Gasteiger partial charge in [0.05, 0.1) is 6.04 Å². The highest BCUT2D eigenvalue weighted by atomic mass is 19.1. The maximum absolute atomic E-state index is 14.6. The summed E-state index contributed by atoms with van der Waals surface area (Å²) in [6.07, 6.45) is 1.73. The van der Waals surface area contributed by atoms with Gasteiger partial charge in [-0.3, -0.25) is 0 Å². The smallest absolute Gasteiger partial charge is 0.128 e. The Morgan fingerprint density at radius 3 is 2.52 bits per heavy atom. The quantitative estimate of drug-likeness (QED) is 0.539. The number of anilines is 1. The van der Waals surface area contributed by atoms with Crippen molar-refractivity contribution in [2.45, 2.75) is 13.0 Å². The number of hydrogen-bond donors (Lipinski definition) is 2. The fraction of sp³-hybridized carbons (Fsp3) is 0.0952. The number of pyridine rings is 1. The number of nitrogens with one attached hydrogen (secondary N) is 2. The molecule has 0 aliphatic heterocycles. The highest BCUT2D eigenvalue weighted by Crippen LogP contribution is 2.35. The van der Waals surface area contributed by atoms with Crippen LogP contribution in [0, 0.1) is 12.7 Å². The average molecular weight is 331 g/mol. The zero-order valence-electron chi connectivity index (χ0n) is 13.8. The lowest BCUT2D eigenvalue weighted by Crippen LogP contribution is -2.15. The Morgan fingerprint density at radius 2 is 1.72 bits per heavy atom. The Balaban J connectivity index is 1.91. The number of para-hydroxylation sites is 1. The molecule has 0 aliphatic carbocycles. The first-order valence-corrected chi connectivity index (χ1v) is 8.23. The normalized spacial score (nSPS) is 12.2. The molecule has 1 atom stereocenters. The molecule has 0 amide bonds. The van der Waals surface area contributed by atoms with Crippen molar-refractivity contribution in [3.8, 4) is 0 Å². The minimum Gasteiger partial charge on any atom is -0.359 e. The molecule has 4 rings (SSSR count). The summed E-state index contributed by atoms with van der Waals surface area (Å²) in [6, 6.07) is 20.3. The van der Waals surface area contributed by atoms with E-state index in [1.54, 1.807) is 12.3 Å². The minimum absolute atomic E-state index is 0.236. The number of benzene rings is 2. The number of halogens is 1. The fourth-order valence-corrected chi connectivity index (χ4v) is 3.28. The molecule has 0 radical (unpaired) electrons. The van der Waals surface area contributed by atoms with E-state index in [2.05, 4.69) is 21.4 Å². The molecule has 1 unspecified atom stereocenters. The Labute approximate surface area is 145 Å². The Morgan fingerprint density at radius 1 is 0.960 bits per heavy atom. The summed E-state index contributed by atoms with van der Waals surface area (Å²) in [5.74, 6) is 0.473. The zero-order chi connectivity index (χ0) is 17.2. The molecule has 124 valence electrons. The molecule has 0 aliphatic rings. The summed E-state index contributed by atoms with van der Waals surface area (Å²) in [4.78, 5) is 7.75. The van der Waals surface area contributed by atoms with Gasteiger partial charge in [0.15, 0.2) is 0 Å². The van der Waals surface area contributed by atoms with Crippen molar-refractivity contribution < 1.29 is 4.39 Å². The van der Waals surface area contributed by atoms with Gasteiger partial charge in [-0.1, -0.05) is 42.5 Å². The maximum Gasteiger partial charge on any atom is 0.128 e. The average Bonchev–Trinajstić information content (AvgIpc) is 2.97. The number of aromatic nitrogens is 2. The lowest BCUT2D eigenvalue weighted by Gasteiger charge is -2.21. The molecule has 0 bridgehead atoms. The van der Waals surface area contributed by atoms with Gasteiger partial charge < -0.3 is 10.3 Å². The number of fused-ring (bicyclic) bond motifs is 1. The Bertz CT molecular complexity index is 1010. The van der Waals surface area contributed by atoms with Crippen LogP contribution in [0.25, 0.3) is 10.9 Å². The number of aryl methyl sites for hydroxylation is 1. The van der Waals surface area contributed by atoms with Gasteiger partial charge in [0.2, 0.25) is 0 Å². The van der Waals surface area contributed by atoms with Crippen molar-refractivity contribution in [3.05, 3.63) is 95.6 Å². The molecule has 0 spiro atoms. The highest BCUT2D eigenvalue weighted by Gasteiger charge is 2.23. The van der Waals surface area contributed by atoms with Gasteiger partial charge in [-0.15, -0.1) is 0 Å². The van der Waals surface area contributed by atoms with E-state index in [1.165, 1.54) is 6.07 Å².